The first-order valence-electron chi connectivity index (χ1n) is 10.5. The SMILES string of the molecule is CCCN1CCC(C#N)(NC(=O)C(CC(C)(C)C)Nc2nccc(C(F)(F)F)n2)CC1. The number of rotatable bonds is 7. The van der Waals surface area contributed by atoms with Gasteiger partial charge in [0.1, 0.15) is 17.3 Å². The van der Waals surface area contributed by atoms with E-state index in [1.807, 2.05) is 20.8 Å². The molecule has 0 aliphatic carbocycles. The predicted molar refractivity (Wildman–Crippen MR) is 111 cm³/mol. The van der Waals surface area contributed by atoms with E-state index in [1.54, 1.807) is 0 Å². The second-order valence-electron chi connectivity index (χ2n) is 9.25. The highest BCUT2D eigenvalue weighted by atomic mass is 19.4. The van der Waals surface area contributed by atoms with Gasteiger partial charge in [-0.25, -0.2) is 9.97 Å². The second kappa shape index (κ2) is 9.81. The van der Waals surface area contributed by atoms with Crippen molar-refractivity contribution in [3.05, 3.63) is 18.0 Å². The lowest BCUT2D eigenvalue weighted by Crippen LogP contribution is -2.57. The average molecular weight is 441 g/mol. The Kier molecular flexibility index (Phi) is 7.87. The molecule has 10 heteroatoms. The minimum atomic E-state index is -4.61. The van der Waals surface area contributed by atoms with Gasteiger partial charge in [-0.1, -0.05) is 27.7 Å². The molecule has 1 aromatic heterocycles. The summed E-state index contributed by atoms with van der Waals surface area (Å²) in [7, 11) is 0. The third-order valence-electron chi connectivity index (χ3n) is 5.21. The lowest BCUT2D eigenvalue weighted by atomic mass is 9.85. The molecule has 2 N–H and O–H groups in total. The smallest absolute Gasteiger partial charge is 0.342 e. The molecule has 1 aliphatic heterocycles. The second-order valence-corrected chi connectivity index (χ2v) is 9.25. The molecule has 1 amide bonds. The summed E-state index contributed by atoms with van der Waals surface area (Å²) in [5.41, 5.74) is -2.38. The van der Waals surface area contributed by atoms with E-state index < -0.39 is 29.4 Å². The van der Waals surface area contributed by atoms with Gasteiger partial charge in [0.25, 0.3) is 0 Å². The lowest BCUT2D eigenvalue weighted by Gasteiger charge is -2.38. The quantitative estimate of drug-likeness (QED) is 0.673. The van der Waals surface area contributed by atoms with Crippen LogP contribution in [-0.2, 0) is 11.0 Å². The summed E-state index contributed by atoms with van der Waals surface area (Å²) in [4.78, 5) is 22.7. The Morgan fingerprint density at radius 1 is 1.32 bits per heavy atom. The number of nitrogens with zero attached hydrogens (tertiary/aromatic N) is 4. The van der Waals surface area contributed by atoms with Crippen LogP contribution in [0.2, 0.25) is 0 Å². The number of hydrogen-bond acceptors (Lipinski definition) is 6. The molecule has 1 saturated heterocycles. The summed E-state index contributed by atoms with van der Waals surface area (Å²) < 4.78 is 39.0. The number of halogens is 3. The van der Waals surface area contributed by atoms with Crippen LogP contribution in [-0.4, -0.2) is 52.0 Å². The van der Waals surface area contributed by atoms with E-state index in [0.29, 0.717) is 32.4 Å². The lowest BCUT2D eigenvalue weighted by molar-refractivity contribution is -0.141. The number of carbonyl (C=O) groups is 1. The monoisotopic (exact) mass is 440 g/mol. The molecule has 1 aliphatic rings. The van der Waals surface area contributed by atoms with Gasteiger partial charge in [0.2, 0.25) is 11.9 Å². The molecule has 31 heavy (non-hydrogen) atoms. The minimum Gasteiger partial charge on any atom is -0.342 e. The van der Waals surface area contributed by atoms with Crippen LogP contribution in [0.5, 0.6) is 0 Å². The molecule has 0 aromatic carbocycles. The van der Waals surface area contributed by atoms with Gasteiger partial charge in [-0.15, -0.1) is 0 Å². The van der Waals surface area contributed by atoms with Crippen LogP contribution in [0.4, 0.5) is 19.1 Å². The fourth-order valence-corrected chi connectivity index (χ4v) is 3.63. The van der Waals surface area contributed by atoms with E-state index in [4.69, 9.17) is 0 Å². The van der Waals surface area contributed by atoms with Crippen molar-refractivity contribution in [3.8, 4) is 6.07 Å². The van der Waals surface area contributed by atoms with Crippen LogP contribution >= 0.6 is 0 Å². The molecule has 0 saturated carbocycles. The van der Waals surface area contributed by atoms with E-state index >= 15 is 0 Å². The molecule has 2 heterocycles. The number of alkyl halides is 3. The highest BCUT2D eigenvalue weighted by Gasteiger charge is 2.39. The Hall–Kier alpha value is -2.41. The topological polar surface area (TPSA) is 93.9 Å². The van der Waals surface area contributed by atoms with Crippen molar-refractivity contribution in [2.24, 2.45) is 5.41 Å². The number of amides is 1. The Morgan fingerprint density at radius 3 is 2.48 bits per heavy atom. The molecule has 0 bridgehead atoms. The Balaban J connectivity index is 2.18. The fourth-order valence-electron chi connectivity index (χ4n) is 3.63. The van der Waals surface area contributed by atoms with Crippen molar-refractivity contribution in [2.45, 2.75) is 71.1 Å². The molecule has 7 nitrogen and oxygen atoms in total. The molecule has 2 rings (SSSR count). The van der Waals surface area contributed by atoms with Crippen molar-refractivity contribution < 1.29 is 18.0 Å². The van der Waals surface area contributed by atoms with Gasteiger partial charge in [0, 0.05) is 19.3 Å². The van der Waals surface area contributed by atoms with Crippen LogP contribution in [0.3, 0.4) is 0 Å². The maximum Gasteiger partial charge on any atom is 0.433 e. The van der Waals surface area contributed by atoms with Crippen LogP contribution in [0.1, 0.15) is 59.1 Å². The standard InChI is InChI=1S/C21H31F3N6O/c1-5-10-30-11-7-20(14-25,8-12-30)29-17(31)15(13-19(2,3)4)27-18-26-9-6-16(28-18)21(22,23)24/h6,9,15H,5,7-8,10-13H2,1-4H3,(H,29,31)(H,26,27,28). The molecule has 1 atom stereocenters. The van der Waals surface area contributed by atoms with E-state index in [1.165, 1.54) is 0 Å². The number of hydrogen-bond donors (Lipinski definition) is 2. The third kappa shape index (κ3) is 7.35. The van der Waals surface area contributed by atoms with Crippen molar-refractivity contribution >= 4 is 11.9 Å². The molecule has 1 fully saturated rings. The van der Waals surface area contributed by atoms with Gasteiger partial charge in [0.05, 0.1) is 6.07 Å². The van der Waals surface area contributed by atoms with Gasteiger partial charge in [-0.2, -0.15) is 18.4 Å². The van der Waals surface area contributed by atoms with Crippen LogP contribution in [0.25, 0.3) is 0 Å². The van der Waals surface area contributed by atoms with Gasteiger partial charge in [-0.05, 0) is 43.7 Å². The van der Waals surface area contributed by atoms with Crippen molar-refractivity contribution in [1.82, 2.24) is 20.2 Å². The summed E-state index contributed by atoms with van der Waals surface area (Å²) in [6, 6.07) is 2.15. The summed E-state index contributed by atoms with van der Waals surface area (Å²) >= 11 is 0. The van der Waals surface area contributed by atoms with Crippen LogP contribution in [0.15, 0.2) is 12.3 Å². The molecule has 1 unspecified atom stereocenters. The van der Waals surface area contributed by atoms with Gasteiger partial charge < -0.3 is 15.5 Å². The van der Waals surface area contributed by atoms with E-state index in [0.717, 1.165) is 25.2 Å². The maximum atomic E-state index is 13.1. The highest BCUT2D eigenvalue weighted by molar-refractivity contribution is 5.85. The molecule has 0 radical (unpaired) electrons. The number of carbonyl (C=O) groups excluding carboxylic acids is 1. The summed E-state index contributed by atoms with van der Waals surface area (Å²) in [6.07, 6.45) is -1.28. The van der Waals surface area contributed by atoms with Crippen molar-refractivity contribution in [2.75, 3.05) is 25.0 Å². The predicted octanol–water partition coefficient (Wildman–Crippen LogP) is 3.60. The summed E-state index contributed by atoms with van der Waals surface area (Å²) in [5, 5.41) is 15.4. The molecule has 172 valence electrons. The Labute approximate surface area is 181 Å². The highest BCUT2D eigenvalue weighted by Crippen LogP contribution is 2.29. The number of piperidine rings is 1. The summed E-state index contributed by atoms with van der Waals surface area (Å²) in [6.45, 7) is 10.2. The number of nitriles is 1. The normalized spacial score (nSPS) is 18.1. The minimum absolute atomic E-state index is 0.275. The zero-order valence-electron chi connectivity index (χ0n) is 18.5. The third-order valence-corrected chi connectivity index (χ3v) is 5.21. The van der Waals surface area contributed by atoms with Crippen molar-refractivity contribution in [1.29, 1.82) is 5.26 Å². The Morgan fingerprint density at radius 2 is 1.97 bits per heavy atom. The summed E-state index contributed by atoms with van der Waals surface area (Å²) in [5.74, 6) is -0.718. The number of likely N-dealkylation sites (tertiary alicyclic amines) is 1. The Bertz CT molecular complexity index is 792. The average Bonchev–Trinajstić information content (AvgIpc) is 2.68. The number of nitrogens with one attached hydrogen (secondary N) is 2. The first-order valence-corrected chi connectivity index (χ1v) is 10.5. The van der Waals surface area contributed by atoms with Crippen LogP contribution < -0.4 is 10.6 Å². The zero-order chi connectivity index (χ0) is 23.3. The molecular weight excluding hydrogens is 409 g/mol. The van der Waals surface area contributed by atoms with Crippen LogP contribution in [0, 0.1) is 16.7 Å². The number of aromatic nitrogens is 2. The fraction of sp³-hybridized carbons (Fsp3) is 0.714. The first-order chi connectivity index (χ1) is 14.4. The van der Waals surface area contributed by atoms with E-state index in [9.17, 15) is 23.2 Å². The van der Waals surface area contributed by atoms with Gasteiger partial charge in [0.15, 0.2) is 0 Å². The van der Waals surface area contributed by atoms with Gasteiger partial charge in [-0.3, -0.25) is 4.79 Å². The largest absolute Gasteiger partial charge is 0.433 e. The number of anilines is 1. The first kappa shape index (κ1) is 24.9. The van der Waals surface area contributed by atoms with Crippen molar-refractivity contribution in [3.63, 3.8) is 0 Å². The molecule has 1 aromatic rings. The van der Waals surface area contributed by atoms with Gasteiger partial charge >= 0.3 is 6.18 Å². The van der Waals surface area contributed by atoms with E-state index in [2.05, 4.69) is 38.5 Å². The maximum absolute atomic E-state index is 13.1. The molecule has 0 spiro atoms. The van der Waals surface area contributed by atoms with E-state index in [-0.39, 0.29) is 11.4 Å². The molecular formula is C21H31F3N6O. The zero-order valence-corrected chi connectivity index (χ0v) is 18.5.